The standard InChI is InChI=1S/C16H14ClF2NS/c17-11-1-2-16-14(7-11)15(3-4-21-16)20-9-10-5-12(18)8-13(19)6-10/h1-2,5-8,15,20H,3-4,9H2. The number of nitrogens with one attached hydrogen (secondary N) is 1. The molecule has 0 saturated heterocycles. The zero-order valence-electron chi connectivity index (χ0n) is 11.2. The molecule has 1 N–H and O–H groups in total. The summed E-state index contributed by atoms with van der Waals surface area (Å²) < 4.78 is 26.4. The van der Waals surface area contributed by atoms with Crippen LogP contribution in [0.1, 0.15) is 23.6 Å². The summed E-state index contributed by atoms with van der Waals surface area (Å²) in [5.74, 6) is -0.0760. The minimum absolute atomic E-state index is 0.159. The SMILES string of the molecule is Fc1cc(F)cc(CNC2CCSc3ccc(Cl)cc32)c1. The minimum atomic E-state index is -0.547. The van der Waals surface area contributed by atoms with Crippen LogP contribution in [0, 0.1) is 11.6 Å². The maximum atomic E-state index is 13.2. The number of rotatable bonds is 3. The van der Waals surface area contributed by atoms with E-state index >= 15 is 0 Å². The van der Waals surface area contributed by atoms with E-state index in [-0.39, 0.29) is 6.04 Å². The van der Waals surface area contributed by atoms with Crippen molar-refractivity contribution in [3.05, 3.63) is 64.2 Å². The van der Waals surface area contributed by atoms with Crippen molar-refractivity contribution in [3.8, 4) is 0 Å². The van der Waals surface area contributed by atoms with E-state index in [0.717, 1.165) is 23.8 Å². The summed E-state index contributed by atoms with van der Waals surface area (Å²) in [5.41, 5.74) is 1.77. The lowest BCUT2D eigenvalue weighted by Gasteiger charge is -2.26. The van der Waals surface area contributed by atoms with Crippen LogP contribution >= 0.6 is 23.4 Å². The van der Waals surface area contributed by atoms with Gasteiger partial charge < -0.3 is 5.32 Å². The van der Waals surface area contributed by atoms with Crippen molar-refractivity contribution in [3.63, 3.8) is 0 Å². The zero-order chi connectivity index (χ0) is 14.8. The Balaban J connectivity index is 1.76. The summed E-state index contributed by atoms with van der Waals surface area (Å²) in [6.07, 6.45) is 0.968. The molecule has 2 aromatic carbocycles. The van der Waals surface area contributed by atoms with Crippen LogP contribution in [0.5, 0.6) is 0 Å². The summed E-state index contributed by atoms with van der Waals surface area (Å²) in [5, 5.41) is 4.08. The summed E-state index contributed by atoms with van der Waals surface area (Å²) in [4.78, 5) is 1.22. The van der Waals surface area contributed by atoms with Crippen LogP contribution in [0.25, 0.3) is 0 Å². The summed E-state index contributed by atoms with van der Waals surface area (Å²) in [6.45, 7) is 0.427. The topological polar surface area (TPSA) is 12.0 Å². The van der Waals surface area contributed by atoms with Crippen LogP contribution < -0.4 is 5.32 Å². The first kappa shape index (κ1) is 14.8. The van der Waals surface area contributed by atoms with Crippen LogP contribution in [0.4, 0.5) is 8.78 Å². The van der Waals surface area contributed by atoms with Gasteiger partial charge in [-0.15, -0.1) is 11.8 Å². The van der Waals surface area contributed by atoms with Crippen molar-refractivity contribution in [1.29, 1.82) is 0 Å². The van der Waals surface area contributed by atoms with Gasteiger partial charge in [-0.05, 0) is 53.6 Å². The fourth-order valence-corrected chi connectivity index (χ4v) is 3.82. The quantitative estimate of drug-likeness (QED) is 0.857. The van der Waals surface area contributed by atoms with Crippen molar-refractivity contribution in [1.82, 2.24) is 5.32 Å². The van der Waals surface area contributed by atoms with Crippen LogP contribution in [0.3, 0.4) is 0 Å². The molecule has 0 amide bonds. The third-order valence-corrected chi connectivity index (χ3v) is 4.84. The highest BCUT2D eigenvalue weighted by molar-refractivity contribution is 7.99. The van der Waals surface area contributed by atoms with E-state index in [9.17, 15) is 8.78 Å². The molecule has 1 unspecified atom stereocenters. The van der Waals surface area contributed by atoms with Gasteiger partial charge in [0.05, 0.1) is 0 Å². The van der Waals surface area contributed by atoms with Gasteiger partial charge in [0.1, 0.15) is 11.6 Å². The Morgan fingerprint density at radius 3 is 2.67 bits per heavy atom. The molecule has 0 saturated carbocycles. The smallest absolute Gasteiger partial charge is 0.126 e. The number of thioether (sulfide) groups is 1. The van der Waals surface area contributed by atoms with E-state index in [2.05, 4.69) is 5.32 Å². The molecule has 0 aromatic heterocycles. The monoisotopic (exact) mass is 325 g/mol. The second kappa shape index (κ2) is 6.34. The number of benzene rings is 2. The zero-order valence-corrected chi connectivity index (χ0v) is 12.8. The molecule has 1 nitrogen and oxygen atoms in total. The number of hydrogen-bond donors (Lipinski definition) is 1. The molecule has 3 rings (SSSR count). The highest BCUT2D eigenvalue weighted by Crippen LogP contribution is 2.37. The van der Waals surface area contributed by atoms with Gasteiger partial charge in [-0.3, -0.25) is 0 Å². The van der Waals surface area contributed by atoms with Crippen molar-refractivity contribution in [2.24, 2.45) is 0 Å². The molecule has 1 heterocycles. The predicted octanol–water partition coefficient (Wildman–Crippen LogP) is 4.94. The molecule has 5 heteroatoms. The van der Waals surface area contributed by atoms with Crippen molar-refractivity contribution in [2.75, 3.05) is 5.75 Å². The predicted molar refractivity (Wildman–Crippen MR) is 82.7 cm³/mol. The van der Waals surface area contributed by atoms with Crippen molar-refractivity contribution < 1.29 is 8.78 Å². The molecule has 1 atom stereocenters. The van der Waals surface area contributed by atoms with E-state index in [4.69, 9.17) is 11.6 Å². The summed E-state index contributed by atoms with van der Waals surface area (Å²) >= 11 is 7.87. The third-order valence-electron chi connectivity index (χ3n) is 3.49. The van der Waals surface area contributed by atoms with Crippen LogP contribution in [0.2, 0.25) is 5.02 Å². The molecule has 0 bridgehead atoms. The van der Waals surface area contributed by atoms with Gasteiger partial charge >= 0.3 is 0 Å². The van der Waals surface area contributed by atoms with Gasteiger partial charge in [0.25, 0.3) is 0 Å². The molecular formula is C16H14ClF2NS. The first-order valence-electron chi connectivity index (χ1n) is 6.72. The van der Waals surface area contributed by atoms with E-state index < -0.39 is 11.6 Å². The maximum Gasteiger partial charge on any atom is 0.126 e. The number of fused-ring (bicyclic) bond motifs is 1. The van der Waals surface area contributed by atoms with E-state index in [1.165, 1.54) is 17.0 Å². The molecule has 1 aliphatic heterocycles. The van der Waals surface area contributed by atoms with Crippen LogP contribution in [0.15, 0.2) is 41.3 Å². The van der Waals surface area contributed by atoms with Gasteiger partial charge in [0.2, 0.25) is 0 Å². The lowest BCUT2D eigenvalue weighted by atomic mass is 10.0. The molecule has 21 heavy (non-hydrogen) atoms. The van der Waals surface area contributed by atoms with Gasteiger partial charge in [-0.2, -0.15) is 0 Å². The maximum absolute atomic E-state index is 13.2. The Kier molecular flexibility index (Phi) is 4.48. The van der Waals surface area contributed by atoms with Gasteiger partial charge in [-0.25, -0.2) is 8.78 Å². The highest BCUT2D eigenvalue weighted by Gasteiger charge is 2.20. The van der Waals surface area contributed by atoms with Crippen molar-refractivity contribution >= 4 is 23.4 Å². The molecule has 0 aliphatic carbocycles. The Labute approximate surface area is 131 Å². The normalized spacial score (nSPS) is 17.6. The van der Waals surface area contributed by atoms with Crippen molar-refractivity contribution in [2.45, 2.75) is 23.9 Å². The molecule has 1 aliphatic rings. The van der Waals surface area contributed by atoms with Gasteiger partial charge in [-0.1, -0.05) is 11.6 Å². The van der Waals surface area contributed by atoms with E-state index in [1.54, 1.807) is 0 Å². The summed E-state index contributed by atoms with van der Waals surface area (Å²) in [7, 11) is 0. The molecular weight excluding hydrogens is 312 g/mol. The Bertz CT molecular complexity index is 642. The average molecular weight is 326 g/mol. The second-order valence-corrected chi connectivity index (χ2v) is 6.60. The first-order chi connectivity index (χ1) is 10.1. The molecule has 2 aromatic rings. The summed E-state index contributed by atoms with van der Waals surface area (Å²) in [6, 6.07) is 9.63. The van der Waals surface area contributed by atoms with E-state index in [1.807, 2.05) is 30.0 Å². The molecule has 0 radical (unpaired) electrons. The lowest BCUT2D eigenvalue weighted by Crippen LogP contribution is -2.24. The van der Waals surface area contributed by atoms with Gasteiger partial charge in [0.15, 0.2) is 0 Å². The van der Waals surface area contributed by atoms with E-state index in [0.29, 0.717) is 17.1 Å². The number of hydrogen-bond acceptors (Lipinski definition) is 2. The Morgan fingerprint density at radius 1 is 1.14 bits per heavy atom. The fraction of sp³-hybridized carbons (Fsp3) is 0.250. The van der Waals surface area contributed by atoms with Gasteiger partial charge in [0, 0.05) is 28.6 Å². The molecule has 0 spiro atoms. The lowest BCUT2D eigenvalue weighted by molar-refractivity contribution is 0.505. The van der Waals surface area contributed by atoms with Crippen LogP contribution in [-0.2, 0) is 6.54 Å². The largest absolute Gasteiger partial charge is 0.306 e. The highest BCUT2D eigenvalue weighted by atomic mass is 35.5. The molecule has 110 valence electrons. The Morgan fingerprint density at radius 2 is 1.90 bits per heavy atom. The minimum Gasteiger partial charge on any atom is -0.306 e. The number of halogens is 3. The Hall–Kier alpha value is -1.10. The molecule has 0 fully saturated rings. The first-order valence-corrected chi connectivity index (χ1v) is 8.09. The third kappa shape index (κ3) is 3.57. The van der Waals surface area contributed by atoms with Crippen LogP contribution in [-0.4, -0.2) is 5.75 Å². The fourth-order valence-electron chi connectivity index (χ4n) is 2.53. The average Bonchev–Trinajstić information content (AvgIpc) is 2.44. The second-order valence-electron chi connectivity index (χ2n) is 5.03.